The third kappa shape index (κ3) is 31.2. The van der Waals surface area contributed by atoms with E-state index in [1.807, 2.05) is 0 Å². The number of ether oxygens (including phenoxy) is 2. The summed E-state index contributed by atoms with van der Waals surface area (Å²) >= 11 is 0. The molecule has 0 aliphatic heterocycles. The van der Waals surface area contributed by atoms with Crippen molar-refractivity contribution in [2.24, 2.45) is 5.11 Å². The Kier molecular flexibility index (Phi) is 32.3. The second kappa shape index (κ2) is 33.7. The summed E-state index contributed by atoms with van der Waals surface area (Å²) in [7, 11) is 0. The fourth-order valence-electron chi connectivity index (χ4n) is 5.33. The van der Waals surface area contributed by atoms with E-state index in [0.717, 1.165) is 103 Å². The molecule has 0 N–H and O–H groups in total. The Balaban J connectivity index is 3.56. The van der Waals surface area contributed by atoms with E-state index < -0.39 is 0 Å². The van der Waals surface area contributed by atoms with Gasteiger partial charge in [-0.05, 0) is 44.1 Å². The van der Waals surface area contributed by atoms with Crippen LogP contribution in [0.1, 0.15) is 194 Å². The number of azide groups is 1. The quantitative estimate of drug-likeness (QED) is 0.0248. The molecule has 0 bridgehead atoms. The van der Waals surface area contributed by atoms with Crippen molar-refractivity contribution in [3.63, 3.8) is 0 Å². The molecule has 0 atom stereocenters. The Morgan fingerprint density at radius 3 is 1.24 bits per heavy atom. The fourth-order valence-corrected chi connectivity index (χ4v) is 5.33. The number of carbonyl (C=O) groups is 2. The van der Waals surface area contributed by atoms with Crippen molar-refractivity contribution in [2.75, 3.05) is 13.2 Å². The summed E-state index contributed by atoms with van der Waals surface area (Å²) in [5.41, 5.74) is 8.93. The van der Waals surface area contributed by atoms with Crippen LogP contribution in [-0.2, 0) is 19.1 Å². The molecule has 0 aromatic rings. The average Bonchev–Trinajstić information content (AvgIpc) is 2.98. The van der Waals surface area contributed by atoms with Gasteiger partial charge in [0, 0.05) is 23.8 Å². The molecule has 7 heteroatoms. The lowest BCUT2D eigenvalue weighted by Crippen LogP contribution is -2.06. The molecule has 0 rings (SSSR count). The molecular formula is C35H67N3O4. The van der Waals surface area contributed by atoms with Gasteiger partial charge in [-0.1, -0.05) is 147 Å². The van der Waals surface area contributed by atoms with Gasteiger partial charge >= 0.3 is 11.9 Å². The molecule has 0 saturated heterocycles. The van der Waals surface area contributed by atoms with Crippen LogP contribution in [0.2, 0.25) is 0 Å². The zero-order chi connectivity index (χ0) is 30.8. The predicted molar refractivity (Wildman–Crippen MR) is 175 cm³/mol. The Hall–Kier alpha value is -1.75. The monoisotopic (exact) mass is 594 g/mol. The molecule has 246 valence electrons. The Morgan fingerprint density at radius 2 is 0.857 bits per heavy atom. The molecule has 0 heterocycles. The van der Waals surface area contributed by atoms with E-state index in [9.17, 15) is 9.59 Å². The smallest absolute Gasteiger partial charge is 0.305 e. The van der Waals surface area contributed by atoms with Gasteiger partial charge in [0.15, 0.2) is 0 Å². The van der Waals surface area contributed by atoms with Gasteiger partial charge in [0.1, 0.15) is 0 Å². The van der Waals surface area contributed by atoms with Crippen LogP contribution in [0.4, 0.5) is 0 Å². The summed E-state index contributed by atoms with van der Waals surface area (Å²) in [5, 5.41) is 4.02. The Morgan fingerprint density at radius 1 is 0.524 bits per heavy atom. The summed E-state index contributed by atoms with van der Waals surface area (Å²) in [5.74, 6) is -0.105. The van der Waals surface area contributed by atoms with Gasteiger partial charge in [-0.2, -0.15) is 0 Å². The van der Waals surface area contributed by atoms with E-state index in [2.05, 4.69) is 23.9 Å². The molecule has 0 aliphatic rings. The van der Waals surface area contributed by atoms with E-state index in [4.69, 9.17) is 15.0 Å². The molecular weight excluding hydrogens is 526 g/mol. The van der Waals surface area contributed by atoms with Crippen LogP contribution in [0.3, 0.4) is 0 Å². The van der Waals surface area contributed by atoms with Gasteiger partial charge in [-0.15, -0.1) is 0 Å². The highest BCUT2D eigenvalue weighted by atomic mass is 16.5. The van der Waals surface area contributed by atoms with Crippen LogP contribution in [0.25, 0.3) is 10.4 Å². The summed E-state index contributed by atoms with van der Waals surface area (Å²) < 4.78 is 10.7. The minimum Gasteiger partial charge on any atom is -0.466 e. The average molecular weight is 594 g/mol. The zero-order valence-electron chi connectivity index (χ0n) is 27.8. The highest BCUT2D eigenvalue weighted by Crippen LogP contribution is 2.17. The number of hydrogen-bond donors (Lipinski definition) is 0. The Labute approximate surface area is 259 Å². The summed E-state index contributed by atoms with van der Waals surface area (Å²) in [6.07, 6.45) is 30.6. The molecule has 7 nitrogen and oxygen atoms in total. The number of unbranched alkanes of at least 4 members (excludes halogenated alkanes) is 20. The van der Waals surface area contributed by atoms with Gasteiger partial charge in [0.25, 0.3) is 0 Å². The van der Waals surface area contributed by atoms with Gasteiger partial charge < -0.3 is 9.47 Å². The van der Waals surface area contributed by atoms with Gasteiger partial charge in [-0.3, -0.25) is 9.59 Å². The molecule has 0 unspecified atom stereocenters. The van der Waals surface area contributed by atoms with E-state index in [-0.39, 0.29) is 18.0 Å². The molecule has 0 aliphatic carbocycles. The standard InChI is InChI=1S/C35H67N3O4/c1-3-5-7-9-11-19-25-31-41-34(39)29-23-17-13-15-21-27-33(37-38-36)28-22-16-14-18-24-30-35(40)42-32-26-20-12-10-8-6-4-2/h33H,3-32H2,1-2H3. The van der Waals surface area contributed by atoms with E-state index in [1.54, 1.807) is 0 Å². The van der Waals surface area contributed by atoms with E-state index in [0.29, 0.717) is 26.1 Å². The molecule has 0 radical (unpaired) electrons. The lowest BCUT2D eigenvalue weighted by atomic mass is 10.0. The molecule has 0 amide bonds. The van der Waals surface area contributed by atoms with Crippen molar-refractivity contribution in [1.29, 1.82) is 0 Å². The van der Waals surface area contributed by atoms with Crippen molar-refractivity contribution < 1.29 is 19.1 Å². The minimum absolute atomic E-state index is 0.0526. The van der Waals surface area contributed by atoms with Gasteiger partial charge in [-0.25, -0.2) is 0 Å². The fraction of sp³-hybridized carbons (Fsp3) is 0.943. The third-order valence-electron chi connectivity index (χ3n) is 8.07. The third-order valence-corrected chi connectivity index (χ3v) is 8.07. The highest BCUT2D eigenvalue weighted by Gasteiger charge is 2.08. The van der Waals surface area contributed by atoms with Gasteiger partial charge in [0.2, 0.25) is 0 Å². The van der Waals surface area contributed by atoms with Crippen LogP contribution in [0, 0.1) is 0 Å². The van der Waals surface area contributed by atoms with Crippen LogP contribution in [0.15, 0.2) is 5.11 Å². The SMILES string of the molecule is CCCCCCCCCOC(=O)CCCCCCCC(CCCCCCCC(=O)OCCCCCCCCC)N=[N+]=[N-]. The van der Waals surface area contributed by atoms with Crippen LogP contribution in [0.5, 0.6) is 0 Å². The molecule has 0 aromatic heterocycles. The number of hydrogen-bond acceptors (Lipinski definition) is 5. The van der Waals surface area contributed by atoms with Crippen LogP contribution in [-0.4, -0.2) is 31.2 Å². The number of carbonyl (C=O) groups excluding carboxylic acids is 2. The zero-order valence-corrected chi connectivity index (χ0v) is 27.8. The first kappa shape index (κ1) is 40.2. The minimum atomic E-state index is -0.0526. The number of rotatable bonds is 33. The molecule has 42 heavy (non-hydrogen) atoms. The first-order chi connectivity index (χ1) is 20.6. The van der Waals surface area contributed by atoms with Crippen molar-refractivity contribution in [1.82, 2.24) is 0 Å². The van der Waals surface area contributed by atoms with Crippen molar-refractivity contribution in [3.05, 3.63) is 10.4 Å². The summed E-state index contributed by atoms with van der Waals surface area (Å²) in [6, 6.07) is 0.0817. The van der Waals surface area contributed by atoms with Crippen LogP contribution >= 0.6 is 0 Å². The number of esters is 2. The predicted octanol–water partition coefficient (Wildman–Crippen LogP) is 11.7. The maximum Gasteiger partial charge on any atom is 0.305 e. The molecule has 0 fully saturated rings. The molecule has 0 saturated carbocycles. The van der Waals surface area contributed by atoms with Crippen molar-refractivity contribution in [2.45, 2.75) is 200 Å². The van der Waals surface area contributed by atoms with Crippen molar-refractivity contribution in [3.8, 4) is 0 Å². The highest BCUT2D eigenvalue weighted by molar-refractivity contribution is 5.69. The first-order valence-corrected chi connectivity index (χ1v) is 18.0. The lowest BCUT2D eigenvalue weighted by Gasteiger charge is -2.11. The maximum absolute atomic E-state index is 11.9. The van der Waals surface area contributed by atoms with Crippen LogP contribution < -0.4 is 0 Å². The Bertz CT molecular complexity index is 606. The summed E-state index contributed by atoms with van der Waals surface area (Å²) in [6.45, 7) is 5.60. The normalized spacial score (nSPS) is 11.0. The lowest BCUT2D eigenvalue weighted by molar-refractivity contribution is -0.144. The van der Waals surface area contributed by atoms with Gasteiger partial charge in [0.05, 0.1) is 13.2 Å². The second-order valence-electron chi connectivity index (χ2n) is 12.2. The maximum atomic E-state index is 11.9. The second-order valence-corrected chi connectivity index (χ2v) is 12.2. The molecule has 0 aromatic carbocycles. The van der Waals surface area contributed by atoms with E-state index in [1.165, 1.54) is 64.2 Å². The largest absolute Gasteiger partial charge is 0.466 e. The van der Waals surface area contributed by atoms with Crippen molar-refractivity contribution >= 4 is 11.9 Å². The first-order valence-electron chi connectivity index (χ1n) is 18.0. The topological polar surface area (TPSA) is 101 Å². The summed E-state index contributed by atoms with van der Waals surface area (Å²) in [4.78, 5) is 26.8. The number of nitrogens with zero attached hydrogens (tertiary/aromatic N) is 3. The molecule has 0 spiro atoms. The van der Waals surface area contributed by atoms with E-state index >= 15 is 0 Å².